The number of likely N-dealkylation sites (tertiary alicyclic amines) is 1. The minimum atomic E-state index is 0.104. The van der Waals surface area contributed by atoms with Crippen molar-refractivity contribution in [2.75, 3.05) is 31.1 Å². The van der Waals surface area contributed by atoms with E-state index in [0.29, 0.717) is 6.54 Å². The number of benzene rings is 1. The van der Waals surface area contributed by atoms with Crippen molar-refractivity contribution in [2.24, 2.45) is 0 Å². The Morgan fingerprint density at radius 2 is 1.88 bits per heavy atom. The number of piperidine rings is 1. The predicted octanol–water partition coefficient (Wildman–Crippen LogP) is 4.20. The lowest BCUT2D eigenvalue weighted by Gasteiger charge is -2.34. The van der Waals surface area contributed by atoms with Crippen molar-refractivity contribution < 1.29 is 4.79 Å². The molecule has 0 N–H and O–H groups in total. The van der Waals surface area contributed by atoms with Crippen molar-refractivity contribution in [3.63, 3.8) is 0 Å². The Balaban J connectivity index is 1.35. The molecule has 1 fully saturated rings. The molecule has 1 aromatic carbocycles. The lowest BCUT2D eigenvalue weighted by molar-refractivity contribution is 0.0704. The van der Waals surface area contributed by atoms with Crippen LogP contribution in [0.15, 0.2) is 54.7 Å². The fourth-order valence-corrected chi connectivity index (χ4v) is 5.04. The first-order valence-electron chi connectivity index (χ1n) is 12.1. The number of hydrogen-bond acceptors (Lipinski definition) is 5. The topological polar surface area (TPSA) is 62.2 Å². The number of carbonyl (C=O) groups excluding carboxylic acids is 1. The molecule has 0 saturated carbocycles. The first-order chi connectivity index (χ1) is 16.2. The normalized spacial score (nSPS) is 18.2. The summed E-state index contributed by atoms with van der Waals surface area (Å²) >= 11 is 0. The second kappa shape index (κ2) is 9.69. The highest BCUT2D eigenvalue weighted by molar-refractivity contribution is 5.94. The molecule has 1 atom stereocenters. The Bertz CT molecular complexity index is 1100. The van der Waals surface area contributed by atoms with Gasteiger partial charge in [-0.3, -0.25) is 9.78 Å². The van der Waals surface area contributed by atoms with Crippen LogP contribution in [-0.2, 0) is 12.8 Å². The molecule has 4 heterocycles. The van der Waals surface area contributed by atoms with E-state index in [-0.39, 0.29) is 11.8 Å². The van der Waals surface area contributed by atoms with Crippen molar-refractivity contribution in [1.29, 1.82) is 0 Å². The van der Waals surface area contributed by atoms with Gasteiger partial charge in [0.15, 0.2) is 0 Å². The Kier molecular flexibility index (Phi) is 6.33. The molecule has 0 unspecified atom stereocenters. The van der Waals surface area contributed by atoms with Crippen LogP contribution in [0.25, 0.3) is 0 Å². The molecule has 0 bridgehead atoms. The van der Waals surface area contributed by atoms with E-state index in [2.05, 4.69) is 22.9 Å². The first-order valence-corrected chi connectivity index (χ1v) is 12.1. The van der Waals surface area contributed by atoms with E-state index in [9.17, 15) is 4.79 Å². The molecule has 2 aromatic heterocycles. The summed E-state index contributed by atoms with van der Waals surface area (Å²) in [7, 11) is 0. The molecule has 1 saturated heterocycles. The molecule has 0 aliphatic carbocycles. The van der Waals surface area contributed by atoms with Gasteiger partial charge in [0.1, 0.15) is 11.6 Å². The number of hydrogen-bond donors (Lipinski definition) is 0. The van der Waals surface area contributed by atoms with Gasteiger partial charge in [-0.05, 0) is 56.9 Å². The number of nitrogens with zero attached hydrogens (tertiary/aromatic N) is 5. The molecule has 3 aromatic rings. The molecule has 0 radical (unpaired) electrons. The minimum absolute atomic E-state index is 0.104. The van der Waals surface area contributed by atoms with Gasteiger partial charge in [0.25, 0.3) is 5.91 Å². The maximum Gasteiger partial charge on any atom is 0.253 e. The van der Waals surface area contributed by atoms with E-state index in [0.717, 1.165) is 80.3 Å². The van der Waals surface area contributed by atoms with E-state index < -0.39 is 0 Å². The number of aromatic nitrogens is 3. The maximum atomic E-state index is 13.0. The van der Waals surface area contributed by atoms with Crippen LogP contribution in [0.3, 0.4) is 0 Å². The summed E-state index contributed by atoms with van der Waals surface area (Å²) in [5.74, 6) is 2.26. The Labute approximate surface area is 195 Å². The van der Waals surface area contributed by atoms with Crippen LogP contribution < -0.4 is 4.90 Å². The van der Waals surface area contributed by atoms with Gasteiger partial charge in [0.2, 0.25) is 0 Å². The van der Waals surface area contributed by atoms with Gasteiger partial charge in [-0.15, -0.1) is 0 Å². The first kappa shape index (κ1) is 21.6. The van der Waals surface area contributed by atoms with Crippen LogP contribution >= 0.6 is 0 Å². The van der Waals surface area contributed by atoms with Gasteiger partial charge in [-0.25, -0.2) is 9.97 Å². The van der Waals surface area contributed by atoms with Gasteiger partial charge in [0, 0.05) is 67.2 Å². The summed E-state index contributed by atoms with van der Waals surface area (Å²) in [6, 6.07) is 15.7. The van der Waals surface area contributed by atoms with Gasteiger partial charge in [-0.1, -0.05) is 24.3 Å². The molecule has 33 heavy (non-hydrogen) atoms. The smallest absolute Gasteiger partial charge is 0.253 e. The Hall–Kier alpha value is -3.28. The van der Waals surface area contributed by atoms with Crippen molar-refractivity contribution in [2.45, 2.75) is 44.9 Å². The standard InChI is InChI=1S/C27H31N5O/c1-20-24-13-8-16-31(18-14-23-12-5-6-15-28-23)26(24)30-25(29-20)22-11-7-17-32(19-22)27(33)21-9-3-2-4-10-21/h2-6,9-10,12,15,22H,7-8,11,13-14,16-19H2,1H3/t22-/m0/s1. The number of fused-ring (bicyclic) bond motifs is 1. The molecule has 2 aliphatic heterocycles. The molecule has 170 valence electrons. The maximum absolute atomic E-state index is 13.0. The van der Waals surface area contributed by atoms with Crippen LogP contribution in [0.2, 0.25) is 0 Å². The van der Waals surface area contributed by atoms with Gasteiger partial charge in [0.05, 0.1) is 0 Å². The largest absolute Gasteiger partial charge is 0.356 e. The fraction of sp³-hybridized carbons (Fsp3) is 0.407. The highest BCUT2D eigenvalue weighted by atomic mass is 16.2. The van der Waals surface area contributed by atoms with Crippen molar-refractivity contribution >= 4 is 11.7 Å². The molecular formula is C27H31N5O. The molecule has 2 aliphatic rings. The second-order valence-electron chi connectivity index (χ2n) is 9.09. The summed E-state index contributed by atoms with van der Waals surface area (Å²) in [5.41, 5.74) is 4.22. The molecule has 0 spiro atoms. The monoisotopic (exact) mass is 441 g/mol. The molecular weight excluding hydrogens is 410 g/mol. The predicted molar refractivity (Wildman–Crippen MR) is 130 cm³/mol. The van der Waals surface area contributed by atoms with Crippen LogP contribution in [0.5, 0.6) is 0 Å². The third-order valence-corrected chi connectivity index (χ3v) is 6.82. The highest BCUT2D eigenvalue weighted by Gasteiger charge is 2.29. The molecule has 1 amide bonds. The van der Waals surface area contributed by atoms with E-state index >= 15 is 0 Å². The van der Waals surface area contributed by atoms with E-state index in [1.807, 2.05) is 53.6 Å². The summed E-state index contributed by atoms with van der Waals surface area (Å²) in [5, 5.41) is 0. The van der Waals surface area contributed by atoms with Gasteiger partial charge < -0.3 is 9.80 Å². The zero-order valence-electron chi connectivity index (χ0n) is 19.3. The highest BCUT2D eigenvalue weighted by Crippen LogP contribution is 2.32. The van der Waals surface area contributed by atoms with Crippen molar-refractivity contribution in [3.8, 4) is 0 Å². The lowest BCUT2D eigenvalue weighted by atomic mass is 9.95. The molecule has 5 rings (SSSR count). The average molecular weight is 442 g/mol. The quantitative estimate of drug-likeness (QED) is 0.594. The van der Waals surface area contributed by atoms with Crippen molar-refractivity contribution in [1.82, 2.24) is 19.9 Å². The average Bonchev–Trinajstić information content (AvgIpc) is 2.88. The third-order valence-electron chi connectivity index (χ3n) is 6.82. The number of pyridine rings is 1. The molecule has 6 heteroatoms. The number of carbonyl (C=O) groups is 1. The zero-order chi connectivity index (χ0) is 22.6. The second-order valence-corrected chi connectivity index (χ2v) is 9.09. The van der Waals surface area contributed by atoms with Crippen LogP contribution in [0, 0.1) is 6.92 Å². The van der Waals surface area contributed by atoms with E-state index in [1.54, 1.807) is 0 Å². The summed E-state index contributed by atoms with van der Waals surface area (Å²) in [6.07, 6.45) is 6.92. The van der Waals surface area contributed by atoms with Gasteiger partial charge >= 0.3 is 0 Å². The SMILES string of the molecule is Cc1nc([C@H]2CCCN(C(=O)c3ccccc3)C2)nc2c1CCCN2CCc1ccccn1. The summed E-state index contributed by atoms with van der Waals surface area (Å²) < 4.78 is 0. The minimum Gasteiger partial charge on any atom is -0.356 e. The van der Waals surface area contributed by atoms with E-state index in [1.165, 1.54) is 5.56 Å². The Morgan fingerprint density at radius 1 is 1.03 bits per heavy atom. The van der Waals surface area contributed by atoms with Crippen LogP contribution in [0.4, 0.5) is 5.82 Å². The zero-order valence-corrected chi connectivity index (χ0v) is 19.3. The van der Waals surface area contributed by atoms with Crippen molar-refractivity contribution in [3.05, 3.63) is 83.1 Å². The summed E-state index contributed by atoms with van der Waals surface area (Å²) in [6.45, 7) is 5.51. The number of rotatable bonds is 5. The Morgan fingerprint density at radius 3 is 2.70 bits per heavy atom. The van der Waals surface area contributed by atoms with Crippen LogP contribution in [-0.4, -0.2) is 51.9 Å². The number of aryl methyl sites for hydroxylation is 1. The number of anilines is 1. The number of amides is 1. The van der Waals surface area contributed by atoms with E-state index in [4.69, 9.17) is 9.97 Å². The van der Waals surface area contributed by atoms with Crippen LogP contribution in [0.1, 0.15) is 58.3 Å². The summed E-state index contributed by atoms with van der Waals surface area (Å²) in [4.78, 5) is 31.9. The fourth-order valence-electron chi connectivity index (χ4n) is 5.04. The molecule has 6 nitrogen and oxygen atoms in total. The lowest BCUT2D eigenvalue weighted by Crippen LogP contribution is -2.40. The third kappa shape index (κ3) is 4.75. The van der Waals surface area contributed by atoms with Gasteiger partial charge in [-0.2, -0.15) is 0 Å².